The van der Waals surface area contributed by atoms with Gasteiger partial charge in [0.15, 0.2) is 0 Å². The summed E-state index contributed by atoms with van der Waals surface area (Å²) in [5, 5.41) is 18.7. The maximum Gasteiger partial charge on any atom is 0.416 e. The Morgan fingerprint density at radius 2 is 1.85 bits per heavy atom. The molecule has 0 spiro atoms. The van der Waals surface area contributed by atoms with Crippen molar-refractivity contribution < 1.29 is 40.6 Å². The number of nitrogens with one attached hydrogen (secondary N) is 2. The summed E-state index contributed by atoms with van der Waals surface area (Å²) >= 11 is 0. The van der Waals surface area contributed by atoms with E-state index in [0.29, 0.717) is 12.1 Å². The molecule has 4 aromatic rings. The van der Waals surface area contributed by atoms with Crippen molar-refractivity contribution in [1.29, 1.82) is 0 Å². The Bertz CT molecular complexity index is 1810. The fourth-order valence-corrected chi connectivity index (χ4v) is 6.77. The van der Waals surface area contributed by atoms with Gasteiger partial charge in [-0.25, -0.2) is 18.4 Å². The summed E-state index contributed by atoms with van der Waals surface area (Å²) < 4.78 is 80.1. The molecule has 2 aromatic carbocycles. The van der Waals surface area contributed by atoms with Crippen molar-refractivity contribution in [2.45, 2.75) is 51.7 Å². The summed E-state index contributed by atoms with van der Waals surface area (Å²) in [6.07, 6.45) is 2.62. The zero-order chi connectivity index (χ0) is 32.9. The monoisotopic (exact) mass is 659 g/mol. The first-order valence-corrected chi connectivity index (χ1v) is 16.1. The smallest absolute Gasteiger partial charge is 0.416 e. The molecule has 0 amide bonds. The van der Waals surface area contributed by atoms with Crippen LogP contribution in [-0.2, 0) is 22.7 Å². The maximum absolute atomic E-state index is 13.6. The highest BCUT2D eigenvalue weighted by Gasteiger charge is 2.32. The minimum Gasteiger partial charge on any atom is -0.846 e. The SMILES string of the molecule is COc1ncc(-c2ccc(C[n+]3cc(N=C([O-])Nc4cc(NS(=O)(=O)CC5CCCCC5)cc(C(F)(F)F)c4)on3)cc2)c(C)n1. The third kappa shape index (κ3) is 8.71. The van der Waals surface area contributed by atoms with Crippen LogP contribution in [0.15, 0.2) is 64.4 Å². The fraction of sp³-hybridized carbons (Fsp3) is 0.367. The van der Waals surface area contributed by atoms with Crippen LogP contribution in [0.1, 0.15) is 48.9 Å². The number of methoxy groups -OCH3 is 1. The molecule has 2 N–H and O–H groups in total. The predicted octanol–water partition coefficient (Wildman–Crippen LogP) is 4.59. The van der Waals surface area contributed by atoms with Crippen LogP contribution in [0.2, 0.25) is 0 Å². The van der Waals surface area contributed by atoms with Gasteiger partial charge in [0, 0.05) is 23.0 Å². The molecule has 0 aliphatic heterocycles. The van der Waals surface area contributed by atoms with Crippen molar-refractivity contribution in [2.75, 3.05) is 22.9 Å². The number of ether oxygens (including phenoxy) is 1. The van der Waals surface area contributed by atoms with E-state index >= 15 is 0 Å². The average molecular weight is 660 g/mol. The predicted molar refractivity (Wildman–Crippen MR) is 161 cm³/mol. The minimum atomic E-state index is -4.79. The summed E-state index contributed by atoms with van der Waals surface area (Å²) in [6, 6.07) is 9.25. The van der Waals surface area contributed by atoms with E-state index < -0.39 is 27.8 Å². The molecule has 5 rings (SSSR count). The second-order valence-electron chi connectivity index (χ2n) is 11.0. The van der Waals surface area contributed by atoms with Gasteiger partial charge >= 0.3 is 18.1 Å². The van der Waals surface area contributed by atoms with Gasteiger partial charge in [0.2, 0.25) is 21.8 Å². The van der Waals surface area contributed by atoms with Crippen LogP contribution in [0, 0.1) is 12.8 Å². The molecular weight excluding hydrogens is 627 g/mol. The van der Waals surface area contributed by atoms with Crippen LogP contribution in [-0.4, -0.2) is 42.5 Å². The number of anilines is 2. The number of alkyl halides is 3. The molecule has 1 aliphatic carbocycles. The van der Waals surface area contributed by atoms with Crippen molar-refractivity contribution in [1.82, 2.24) is 15.2 Å². The van der Waals surface area contributed by atoms with Crippen LogP contribution in [0.4, 0.5) is 30.4 Å². The minimum absolute atomic E-state index is 0.0576. The Morgan fingerprint density at radius 3 is 2.52 bits per heavy atom. The molecule has 12 nitrogen and oxygen atoms in total. The lowest BCUT2D eigenvalue weighted by Gasteiger charge is -2.22. The number of aryl methyl sites for hydroxylation is 1. The van der Waals surface area contributed by atoms with Crippen LogP contribution >= 0.6 is 0 Å². The number of sulfonamides is 1. The summed E-state index contributed by atoms with van der Waals surface area (Å²) in [4.78, 5) is 12.2. The highest BCUT2D eigenvalue weighted by Crippen LogP contribution is 2.34. The molecule has 0 unspecified atom stereocenters. The van der Waals surface area contributed by atoms with E-state index in [1.807, 2.05) is 31.2 Å². The lowest BCUT2D eigenvalue weighted by Crippen LogP contribution is -2.35. The largest absolute Gasteiger partial charge is 0.846 e. The van der Waals surface area contributed by atoms with Crippen LogP contribution in [0.5, 0.6) is 6.01 Å². The van der Waals surface area contributed by atoms with Gasteiger partial charge in [-0.2, -0.15) is 18.2 Å². The van der Waals surface area contributed by atoms with Crippen molar-refractivity contribution in [3.63, 3.8) is 0 Å². The number of nitrogens with zero attached hydrogens (tertiary/aromatic N) is 5. The summed E-state index contributed by atoms with van der Waals surface area (Å²) in [7, 11) is -2.43. The molecule has 2 aromatic heterocycles. The standard InChI is InChI=1S/C30H32F3N7O5S/c1-19-26(15-34-29(35-19)44-2)22-10-8-20(9-11-22)16-40-17-27(45-39-40)37-28(41)36-24-12-23(30(31,32)33)13-25(14-24)38-46(42,43)18-21-6-4-3-5-7-21/h8-15,17,21,38H,3-7,16,18H2,1-2H3,(H-,36,37,39,41). The summed E-state index contributed by atoms with van der Waals surface area (Å²) in [6.45, 7) is 2.13. The van der Waals surface area contributed by atoms with Crippen LogP contribution < -0.4 is 24.6 Å². The van der Waals surface area contributed by atoms with E-state index in [2.05, 4.69) is 30.3 Å². The number of benzene rings is 2. The molecule has 0 radical (unpaired) electrons. The third-order valence-electron chi connectivity index (χ3n) is 7.42. The topological polar surface area (TPSA) is 159 Å². The molecule has 1 saturated carbocycles. The first kappa shape index (κ1) is 32.7. The van der Waals surface area contributed by atoms with Gasteiger partial charge in [-0.3, -0.25) is 9.25 Å². The van der Waals surface area contributed by atoms with Crippen molar-refractivity contribution in [3.8, 4) is 17.1 Å². The molecule has 46 heavy (non-hydrogen) atoms. The van der Waals surface area contributed by atoms with Gasteiger partial charge in [-0.05, 0) is 54.1 Å². The van der Waals surface area contributed by atoms with Crippen molar-refractivity contribution in [2.24, 2.45) is 10.9 Å². The average Bonchev–Trinajstić information content (AvgIpc) is 3.43. The van der Waals surface area contributed by atoms with E-state index in [1.54, 1.807) is 6.20 Å². The van der Waals surface area contributed by atoms with E-state index in [4.69, 9.17) is 9.26 Å². The summed E-state index contributed by atoms with van der Waals surface area (Å²) in [5.41, 5.74) is 1.59. The Hall–Kier alpha value is -4.73. The van der Waals surface area contributed by atoms with E-state index in [0.717, 1.165) is 60.6 Å². The number of hydrogen-bond donors (Lipinski definition) is 2. The number of rotatable bonds is 10. The zero-order valence-corrected chi connectivity index (χ0v) is 25.9. The third-order valence-corrected chi connectivity index (χ3v) is 8.88. The van der Waals surface area contributed by atoms with Gasteiger partial charge in [0.1, 0.15) is 0 Å². The van der Waals surface area contributed by atoms with Gasteiger partial charge < -0.3 is 15.2 Å². The number of hydrogen-bond acceptors (Lipinski definition) is 9. The Morgan fingerprint density at radius 1 is 1.13 bits per heavy atom. The number of aromatic nitrogens is 4. The lowest BCUT2D eigenvalue weighted by molar-refractivity contribution is -0.754. The highest BCUT2D eigenvalue weighted by molar-refractivity contribution is 7.92. The van der Waals surface area contributed by atoms with Gasteiger partial charge in [-0.15, -0.1) is 0 Å². The molecule has 2 heterocycles. The molecule has 244 valence electrons. The Labute approximate surface area is 263 Å². The van der Waals surface area contributed by atoms with Crippen molar-refractivity contribution in [3.05, 3.63) is 71.7 Å². The van der Waals surface area contributed by atoms with Gasteiger partial charge in [0.25, 0.3) is 6.20 Å². The molecular formula is C30H32F3N7O5S. The molecule has 0 bridgehead atoms. The lowest BCUT2D eigenvalue weighted by atomic mass is 9.91. The normalized spacial score (nSPS) is 14.7. The van der Waals surface area contributed by atoms with Crippen LogP contribution in [0.3, 0.4) is 0 Å². The first-order valence-electron chi connectivity index (χ1n) is 14.5. The first-order chi connectivity index (χ1) is 21.9. The second-order valence-corrected chi connectivity index (χ2v) is 12.8. The molecule has 1 aliphatic rings. The molecule has 1 fully saturated rings. The van der Waals surface area contributed by atoms with E-state index in [-0.39, 0.29) is 41.5 Å². The Kier molecular flexibility index (Phi) is 9.74. The van der Waals surface area contributed by atoms with Gasteiger partial charge in [-0.1, -0.05) is 43.5 Å². The maximum atomic E-state index is 13.6. The molecule has 0 atom stereocenters. The summed E-state index contributed by atoms with van der Waals surface area (Å²) in [5.74, 6) is -0.439. The quantitative estimate of drug-likeness (QED) is 0.141. The molecule has 0 saturated heterocycles. The fourth-order valence-electron chi connectivity index (χ4n) is 5.26. The number of aliphatic imine (C=N–C) groups is 1. The van der Waals surface area contributed by atoms with Crippen molar-refractivity contribution >= 4 is 33.3 Å². The number of halogens is 3. The number of amidine groups is 1. The van der Waals surface area contributed by atoms with Crippen LogP contribution in [0.25, 0.3) is 11.1 Å². The zero-order valence-electron chi connectivity index (χ0n) is 25.0. The van der Waals surface area contributed by atoms with E-state index in [9.17, 15) is 26.7 Å². The Balaban J connectivity index is 1.26. The van der Waals surface area contributed by atoms with E-state index in [1.165, 1.54) is 18.0 Å². The second kappa shape index (κ2) is 13.7. The molecule has 16 heteroatoms. The van der Waals surface area contributed by atoms with Gasteiger partial charge in [0.05, 0.1) is 35.8 Å². The highest BCUT2D eigenvalue weighted by atomic mass is 32.2.